The number of carbonyl (C=O) groups excluding carboxylic acids is 2. The smallest absolute Gasteiger partial charge is 0.264 e. The minimum atomic E-state index is -4.14. The maximum atomic E-state index is 14.5. The predicted octanol–water partition coefficient (Wildman–Crippen LogP) is 5.97. The fourth-order valence-electron chi connectivity index (χ4n) is 5.15. The highest BCUT2D eigenvalue weighted by Gasteiger charge is 2.35. The van der Waals surface area contributed by atoms with Crippen molar-refractivity contribution in [2.45, 2.75) is 58.0 Å². The molecule has 4 aromatic carbocycles. The molecule has 0 heterocycles. The van der Waals surface area contributed by atoms with E-state index in [-0.39, 0.29) is 23.8 Å². The second-order valence-corrected chi connectivity index (χ2v) is 13.0. The number of nitrogens with one attached hydrogen (secondary N) is 1. The number of hydrogen-bond acceptors (Lipinski definition) is 4. The molecule has 230 valence electrons. The van der Waals surface area contributed by atoms with Gasteiger partial charge in [-0.15, -0.1) is 0 Å². The number of amides is 2. The van der Waals surface area contributed by atoms with Gasteiger partial charge in [-0.3, -0.25) is 13.9 Å². The molecule has 8 heteroatoms. The monoisotopic (exact) mass is 611 g/mol. The number of benzene rings is 4. The average molecular weight is 612 g/mol. The molecule has 0 aliphatic carbocycles. The molecule has 0 fully saturated rings. The molecule has 0 unspecified atom stereocenters. The number of hydrogen-bond donors (Lipinski definition) is 1. The van der Waals surface area contributed by atoms with Crippen molar-refractivity contribution in [3.63, 3.8) is 0 Å². The lowest BCUT2D eigenvalue weighted by Crippen LogP contribution is -2.53. The Morgan fingerprint density at radius 1 is 0.773 bits per heavy atom. The van der Waals surface area contributed by atoms with Gasteiger partial charge in [0, 0.05) is 19.5 Å². The average Bonchev–Trinajstić information content (AvgIpc) is 3.02. The molecule has 4 rings (SSSR count). The van der Waals surface area contributed by atoms with E-state index in [2.05, 4.69) is 5.32 Å². The first-order chi connectivity index (χ1) is 21.1. The number of nitrogens with zero attached hydrogens (tertiary/aromatic N) is 2. The molecule has 0 saturated carbocycles. The summed E-state index contributed by atoms with van der Waals surface area (Å²) in [6, 6.07) is 30.1. The van der Waals surface area contributed by atoms with Crippen molar-refractivity contribution in [1.29, 1.82) is 0 Å². The quantitative estimate of drug-likeness (QED) is 0.202. The van der Waals surface area contributed by atoms with Crippen LogP contribution in [-0.4, -0.2) is 44.3 Å². The van der Waals surface area contributed by atoms with Crippen LogP contribution in [0.3, 0.4) is 0 Å². The van der Waals surface area contributed by atoms with E-state index in [4.69, 9.17) is 0 Å². The van der Waals surface area contributed by atoms with E-state index in [1.807, 2.05) is 94.4 Å². The zero-order valence-electron chi connectivity index (χ0n) is 25.9. The van der Waals surface area contributed by atoms with Crippen molar-refractivity contribution in [3.05, 3.63) is 131 Å². The van der Waals surface area contributed by atoms with Gasteiger partial charge in [-0.1, -0.05) is 97.4 Å². The van der Waals surface area contributed by atoms with Crippen LogP contribution in [0.25, 0.3) is 0 Å². The second-order valence-electron chi connectivity index (χ2n) is 11.1. The summed E-state index contributed by atoms with van der Waals surface area (Å²) < 4.78 is 29.5. The summed E-state index contributed by atoms with van der Waals surface area (Å²) in [5.74, 6) is -0.750. The second kappa shape index (κ2) is 14.8. The molecule has 0 radical (unpaired) electrons. The van der Waals surface area contributed by atoms with Gasteiger partial charge in [-0.05, 0) is 67.6 Å². The molecule has 0 spiro atoms. The number of anilines is 1. The van der Waals surface area contributed by atoms with E-state index in [1.165, 1.54) is 21.3 Å². The normalized spacial score (nSPS) is 11.9. The first-order valence-corrected chi connectivity index (χ1v) is 16.4. The Bertz CT molecular complexity index is 1670. The van der Waals surface area contributed by atoms with Crippen molar-refractivity contribution in [1.82, 2.24) is 10.2 Å². The third kappa shape index (κ3) is 8.14. The van der Waals surface area contributed by atoms with E-state index in [9.17, 15) is 18.0 Å². The van der Waals surface area contributed by atoms with Crippen LogP contribution < -0.4 is 9.62 Å². The van der Waals surface area contributed by atoms with Gasteiger partial charge < -0.3 is 10.2 Å². The molecule has 1 N–H and O–H groups in total. The van der Waals surface area contributed by atoms with Gasteiger partial charge >= 0.3 is 0 Å². The van der Waals surface area contributed by atoms with Crippen LogP contribution in [0.1, 0.15) is 41.2 Å². The summed E-state index contributed by atoms with van der Waals surface area (Å²) in [5, 5.41) is 2.98. The van der Waals surface area contributed by atoms with E-state index < -0.39 is 28.5 Å². The topological polar surface area (TPSA) is 86.8 Å². The lowest BCUT2D eigenvalue weighted by molar-refractivity contribution is -0.140. The van der Waals surface area contributed by atoms with E-state index in [0.717, 1.165) is 34.2 Å². The molecule has 1 atom stereocenters. The lowest BCUT2D eigenvalue weighted by atomic mass is 10.0. The molecule has 4 aromatic rings. The number of carbonyl (C=O) groups is 2. The zero-order chi connectivity index (χ0) is 31.7. The molecule has 0 bridgehead atoms. The molecule has 0 saturated heterocycles. The van der Waals surface area contributed by atoms with Gasteiger partial charge in [-0.25, -0.2) is 8.42 Å². The minimum absolute atomic E-state index is 0.0838. The summed E-state index contributed by atoms with van der Waals surface area (Å²) >= 11 is 0. The zero-order valence-corrected chi connectivity index (χ0v) is 26.7. The molecular weight excluding hydrogens is 570 g/mol. The fourth-order valence-corrected chi connectivity index (χ4v) is 6.64. The summed E-state index contributed by atoms with van der Waals surface area (Å²) in [4.78, 5) is 29.9. The third-order valence-corrected chi connectivity index (χ3v) is 9.27. The summed E-state index contributed by atoms with van der Waals surface area (Å²) in [7, 11) is -4.14. The Balaban J connectivity index is 1.82. The number of rotatable bonds is 13. The van der Waals surface area contributed by atoms with Crippen LogP contribution in [0, 0.1) is 20.8 Å². The standard InChI is InChI=1S/C36H41N3O4S/c1-5-21-37-36(41)34(24-30-14-8-6-9-15-30)38(25-31-16-12-13-27(2)22-31)35(40)26-39(33-23-28(3)19-20-29(33)4)44(42,43)32-17-10-7-11-18-32/h6-20,22-23,34H,5,21,24-26H2,1-4H3,(H,37,41)/t34-/m0/s1. The first-order valence-electron chi connectivity index (χ1n) is 14.9. The predicted molar refractivity (Wildman–Crippen MR) is 176 cm³/mol. The molecule has 2 amide bonds. The molecule has 0 aliphatic rings. The first kappa shape index (κ1) is 32.5. The number of aryl methyl sites for hydroxylation is 3. The summed E-state index contributed by atoms with van der Waals surface area (Å²) in [6.45, 7) is 7.79. The number of sulfonamides is 1. The summed E-state index contributed by atoms with van der Waals surface area (Å²) in [5.41, 5.74) is 4.78. The van der Waals surface area contributed by atoms with E-state index in [0.29, 0.717) is 12.2 Å². The van der Waals surface area contributed by atoms with E-state index in [1.54, 1.807) is 24.3 Å². The van der Waals surface area contributed by atoms with Crippen LogP contribution in [0.15, 0.2) is 108 Å². The Labute approximate surface area is 261 Å². The maximum absolute atomic E-state index is 14.5. The van der Waals surface area contributed by atoms with Crippen LogP contribution >= 0.6 is 0 Å². The van der Waals surface area contributed by atoms with Gasteiger partial charge in [0.1, 0.15) is 12.6 Å². The third-order valence-electron chi connectivity index (χ3n) is 7.50. The van der Waals surface area contributed by atoms with Crippen molar-refractivity contribution in [2.24, 2.45) is 0 Å². The Morgan fingerprint density at radius 3 is 2.07 bits per heavy atom. The molecular formula is C36H41N3O4S. The highest BCUT2D eigenvalue weighted by molar-refractivity contribution is 7.92. The van der Waals surface area contributed by atoms with E-state index >= 15 is 0 Å². The van der Waals surface area contributed by atoms with Crippen LogP contribution in [0.2, 0.25) is 0 Å². The Kier molecular flexibility index (Phi) is 11.0. The van der Waals surface area contributed by atoms with Crippen molar-refractivity contribution in [2.75, 3.05) is 17.4 Å². The van der Waals surface area contributed by atoms with Gasteiger partial charge in [0.2, 0.25) is 11.8 Å². The van der Waals surface area contributed by atoms with Crippen molar-refractivity contribution in [3.8, 4) is 0 Å². The van der Waals surface area contributed by atoms with Crippen molar-refractivity contribution >= 4 is 27.5 Å². The van der Waals surface area contributed by atoms with Gasteiger partial charge in [-0.2, -0.15) is 0 Å². The highest BCUT2D eigenvalue weighted by Crippen LogP contribution is 2.29. The lowest BCUT2D eigenvalue weighted by Gasteiger charge is -2.34. The SMILES string of the molecule is CCCNC(=O)[C@H](Cc1ccccc1)N(Cc1cccc(C)c1)C(=O)CN(c1cc(C)ccc1C)S(=O)(=O)c1ccccc1. The van der Waals surface area contributed by atoms with Gasteiger partial charge in [0.15, 0.2) is 0 Å². The molecule has 0 aliphatic heterocycles. The minimum Gasteiger partial charge on any atom is -0.354 e. The Morgan fingerprint density at radius 2 is 1.41 bits per heavy atom. The summed E-state index contributed by atoms with van der Waals surface area (Å²) in [6.07, 6.45) is 1.02. The van der Waals surface area contributed by atoms with Crippen LogP contribution in [0.4, 0.5) is 5.69 Å². The maximum Gasteiger partial charge on any atom is 0.264 e. The largest absolute Gasteiger partial charge is 0.354 e. The van der Waals surface area contributed by atoms with Gasteiger partial charge in [0.25, 0.3) is 10.0 Å². The van der Waals surface area contributed by atoms with Crippen molar-refractivity contribution < 1.29 is 18.0 Å². The fraction of sp³-hybridized carbons (Fsp3) is 0.278. The van der Waals surface area contributed by atoms with Gasteiger partial charge in [0.05, 0.1) is 10.6 Å². The van der Waals surface area contributed by atoms with Crippen LogP contribution in [0.5, 0.6) is 0 Å². The highest BCUT2D eigenvalue weighted by atomic mass is 32.2. The van der Waals surface area contributed by atoms with Crippen LogP contribution in [-0.2, 0) is 32.6 Å². The molecule has 7 nitrogen and oxygen atoms in total. The Hall–Kier alpha value is -4.43. The molecule has 44 heavy (non-hydrogen) atoms. The molecule has 0 aromatic heterocycles.